The number of nitrogens with one attached hydrogen (secondary N) is 1. The molecule has 2 aromatic carbocycles. The Morgan fingerprint density at radius 1 is 1.15 bits per heavy atom. The number of benzene rings is 2. The second-order valence-electron chi connectivity index (χ2n) is 7.84. The van der Waals surface area contributed by atoms with Gasteiger partial charge >= 0.3 is 6.09 Å². The Balaban J connectivity index is 1.33. The van der Waals surface area contributed by atoms with E-state index < -0.39 is 17.7 Å². The Bertz CT molecular complexity index is 962. The van der Waals surface area contributed by atoms with Crippen molar-refractivity contribution in [2.45, 2.75) is 32.2 Å². The molecule has 2 heterocycles. The average Bonchev–Trinajstić information content (AvgIpc) is 3.17. The molecule has 10 heteroatoms. The van der Waals surface area contributed by atoms with E-state index in [0.29, 0.717) is 6.61 Å². The first-order valence-corrected chi connectivity index (χ1v) is 10.7. The lowest BCUT2D eigenvalue weighted by atomic mass is 10.2. The zero-order valence-electron chi connectivity index (χ0n) is 18.0. The number of carbonyl (C=O) groups is 2. The van der Waals surface area contributed by atoms with Gasteiger partial charge in [0.2, 0.25) is 5.91 Å². The molecule has 176 valence electrons. The third kappa shape index (κ3) is 5.96. The molecule has 0 saturated carbocycles. The van der Waals surface area contributed by atoms with Crippen molar-refractivity contribution < 1.29 is 32.6 Å². The maximum atomic E-state index is 14.7. The maximum absolute atomic E-state index is 14.7. The van der Waals surface area contributed by atoms with Crippen LogP contribution in [-0.2, 0) is 25.6 Å². The van der Waals surface area contributed by atoms with Gasteiger partial charge in [0, 0.05) is 12.3 Å². The SMILES string of the molecule is O=C(Nc1cc(F)c(N2CC(=O)N(COC3CCCCO3)C2)c(F)c1)OCc1ccccc1. The molecule has 2 amide bonds. The zero-order chi connectivity index (χ0) is 23.2. The molecule has 2 aromatic rings. The molecular weight excluding hydrogens is 436 g/mol. The van der Waals surface area contributed by atoms with Crippen molar-refractivity contribution in [2.24, 2.45) is 0 Å². The molecule has 0 bridgehead atoms. The molecule has 0 aliphatic carbocycles. The summed E-state index contributed by atoms with van der Waals surface area (Å²) in [5.74, 6) is -2.12. The molecule has 2 aliphatic rings. The minimum atomic E-state index is -0.903. The van der Waals surface area contributed by atoms with Gasteiger partial charge in [-0.25, -0.2) is 13.6 Å². The van der Waals surface area contributed by atoms with Gasteiger partial charge in [0.25, 0.3) is 0 Å². The molecule has 4 rings (SSSR count). The summed E-state index contributed by atoms with van der Waals surface area (Å²) in [6.07, 6.45) is 1.50. The predicted molar refractivity (Wildman–Crippen MR) is 115 cm³/mol. The number of rotatable bonds is 7. The van der Waals surface area contributed by atoms with Crippen LogP contribution in [0.15, 0.2) is 42.5 Å². The van der Waals surface area contributed by atoms with E-state index in [1.807, 2.05) is 6.07 Å². The molecule has 1 atom stereocenters. The second-order valence-corrected chi connectivity index (χ2v) is 7.84. The predicted octanol–water partition coefficient (Wildman–Crippen LogP) is 3.82. The Morgan fingerprint density at radius 2 is 1.91 bits per heavy atom. The summed E-state index contributed by atoms with van der Waals surface area (Å²) in [6.45, 7) is 0.410. The van der Waals surface area contributed by atoms with Crippen molar-refractivity contribution in [1.82, 2.24) is 4.90 Å². The van der Waals surface area contributed by atoms with Crippen LogP contribution in [0.3, 0.4) is 0 Å². The quantitative estimate of drug-likeness (QED) is 0.675. The first-order chi connectivity index (χ1) is 16.0. The molecule has 2 saturated heterocycles. The minimum Gasteiger partial charge on any atom is -0.444 e. The topological polar surface area (TPSA) is 80.3 Å². The van der Waals surface area contributed by atoms with E-state index in [1.165, 1.54) is 9.80 Å². The minimum absolute atomic E-state index is 0.0177. The van der Waals surface area contributed by atoms with Crippen LogP contribution in [-0.4, -0.2) is 49.7 Å². The number of carbonyl (C=O) groups excluding carboxylic acids is 2. The van der Waals surface area contributed by atoms with Crippen LogP contribution < -0.4 is 10.2 Å². The number of hydrogen-bond donors (Lipinski definition) is 1. The van der Waals surface area contributed by atoms with Gasteiger partial charge in [0.1, 0.15) is 19.0 Å². The molecule has 2 fully saturated rings. The monoisotopic (exact) mass is 461 g/mol. The van der Waals surface area contributed by atoms with Gasteiger partial charge in [-0.2, -0.15) is 0 Å². The lowest BCUT2D eigenvalue weighted by Gasteiger charge is -2.26. The fraction of sp³-hybridized carbons (Fsp3) is 0.391. The van der Waals surface area contributed by atoms with Crippen LogP contribution in [0.1, 0.15) is 24.8 Å². The highest BCUT2D eigenvalue weighted by atomic mass is 19.1. The number of halogens is 2. The highest BCUT2D eigenvalue weighted by molar-refractivity contribution is 5.87. The largest absolute Gasteiger partial charge is 0.444 e. The summed E-state index contributed by atoms with van der Waals surface area (Å²) < 4.78 is 45.6. The van der Waals surface area contributed by atoms with E-state index in [2.05, 4.69) is 5.32 Å². The first kappa shape index (κ1) is 22.9. The van der Waals surface area contributed by atoms with E-state index in [-0.39, 0.29) is 50.1 Å². The Morgan fingerprint density at radius 3 is 2.61 bits per heavy atom. The van der Waals surface area contributed by atoms with Crippen LogP contribution in [0.5, 0.6) is 0 Å². The highest BCUT2D eigenvalue weighted by Crippen LogP contribution is 2.29. The molecule has 0 radical (unpaired) electrons. The van der Waals surface area contributed by atoms with Gasteiger partial charge in [-0.3, -0.25) is 15.0 Å². The third-order valence-electron chi connectivity index (χ3n) is 5.37. The standard InChI is InChI=1S/C23H25F2N3O5/c24-18-10-17(26-23(30)32-13-16-6-2-1-3-7-16)11-19(25)22(18)27-12-20(29)28(14-27)15-33-21-8-4-5-9-31-21/h1-3,6-7,10-11,21H,4-5,8-9,12-15H2,(H,26,30). The Kier molecular flexibility index (Phi) is 7.36. The molecule has 0 spiro atoms. The molecule has 33 heavy (non-hydrogen) atoms. The molecule has 2 aliphatic heterocycles. The van der Waals surface area contributed by atoms with Crippen LogP contribution in [0, 0.1) is 11.6 Å². The van der Waals surface area contributed by atoms with Gasteiger partial charge in [-0.15, -0.1) is 0 Å². The Labute approximate surface area is 190 Å². The summed E-state index contributed by atoms with van der Waals surface area (Å²) >= 11 is 0. The van der Waals surface area contributed by atoms with Crippen molar-refractivity contribution >= 4 is 23.4 Å². The van der Waals surface area contributed by atoms with Gasteiger partial charge in [0.05, 0.1) is 13.2 Å². The Hall–Kier alpha value is -3.24. The van der Waals surface area contributed by atoms with Crippen molar-refractivity contribution in [3.63, 3.8) is 0 Å². The molecule has 0 aromatic heterocycles. The number of amides is 2. The molecule has 1 unspecified atom stereocenters. The van der Waals surface area contributed by atoms with Gasteiger partial charge in [0.15, 0.2) is 17.9 Å². The van der Waals surface area contributed by atoms with Crippen molar-refractivity contribution in [1.29, 1.82) is 0 Å². The summed E-state index contributed by atoms with van der Waals surface area (Å²) in [7, 11) is 0. The maximum Gasteiger partial charge on any atom is 0.411 e. The number of anilines is 2. The van der Waals surface area contributed by atoms with E-state index in [4.69, 9.17) is 14.2 Å². The van der Waals surface area contributed by atoms with Crippen LogP contribution in [0.4, 0.5) is 25.0 Å². The van der Waals surface area contributed by atoms with Gasteiger partial charge in [-0.05, 0) is 37.0 Å². The highest BCUT2D eigenvalue weighted by Gasteiger charge is 2.32. The molecule has 1 N–H and O–H groups in total. The van der Waals surface area contributed by atoms with Crippen molar-refractivity contribution in [2.75, 3.05) is 36.8 Å². The average molecular weight is 461 g/mol. The first-order valence-electron chi connectivity index (χ1n) is 10.7. The lowest BCUT2D eigenvalue weighted by Crippen LogP contribution is -2.34. The summed E-state index contributed by atoms with van der Waals surface area (Å²) in [5.41, 5.74) is 0.345. The van der Waals surface area contributed by atoms with E-state index in [0.717, 1.165) is 37.0 Å². The smallest absolute Gasteiger partial charge is 0.411 e. The van der Waals surface area contributed by atoms with Crippen LogP contribution in [0.2, 0.25) is 0 Å². The fourth-order valence-electron chi connectivity index (χ4n) is 3.69. The molecular formula is C23H25F2N3O5. The zero-order valence-corrected chi connectivity index (χ0v) is 18.0. The number of hydrogen-bond acceptors (Lipinski definition) is 6. The van der Waals surface area contributed by atoms with Crippen molar-refractivity contribution in [3.05, 3.63) is 59.7 Å². The van der Waals surface area contributed by atoms with Crippen LogP contribution >= 0.6 is 0 Å². The summed E-state index contributed by atoms with van der Waals surface area (Å²) in [6, 6.07) is 11.0. The van der Waals surface area contributed by atoms with Crippen molar-refractivity contribution in [3.8, 4) is 0 Å². The number of ether oxygens (including phenoxy) is 3. The van der Waals surface area contributed by atoms with E-state index in [1.54, 1.807) is 24.3 Å². The lowest BCUT2D eigenvalue weighted by molar-refractivity contribution is -0.184. The summed E-state index contributed by atoms with van der Waals surface area (Å²) in [5, 5.41) is 2.31. The summed E-state index contributed by atoms with van der Waals surface area (Å²) in [4.78, 5) is 26.9. The fourth-order valence-corrected chi connectivity index (χ4v) is 3.69. The van der Waals surface area contributed by atoms with Crippen LogP contribution in [0.25, 0.3) is 0 Å². The second kappa shape index (κ2) is 10.6. The number of nitrogens with zero attached hydrogens (tertiary/aromatic N) is 2. The third-order valence-corrected chi connectivity index (χ3v) is 5.37. The van der Waals surface area contributed by atoms with E-state index in [9.17, 15) is 18.4 Å². The normalized spacial score (nSPS) is 18.5. The van der Waals surface area contributed by atoms with Gasteiger partial charge < -0.3 is 19.1 Å². The molecule has 8 nitrogen and oxygen atoms in total. The van der Waals surface area contributed by atoms with Gasteiger partial charge in [-0.1, -0.05) is 30.3 Å². The van der Waals surface area contributed by atoms with E-state index >= 15 is 0 Å².